The Labute approximate surface area is 249 Å². The number of anilines is 3. The lowest BCUT2D eigenvalue weighted by atomic mass is 10.0. The van der Waals surface area contributed by atoms with Crippen LogP contribution in [-0.2, 0) is 10.9 Å². The normalized spacial score (nSPS) is 12.7. The molecule has 1 aliphatic rings. The average molecular weight is 602 g/mol. The second-order valence-electron chi connectivity index (χ2n) is 10.2. The predicted octanol–water partition coefficient (Wildman–Crippen LogP) is 6.37. The quantitative estimate of drug-likeness (QED) is 0.253. The predicted molar refractivity (Wildman–Crippen MR) is 161 cm³/mol. The first kappa shape index (κ1) is 34.5. The van der Waals surface area contributed by atoms with Crippen LogP contribution in [0.5, 0.6) is 0 Å². The first-order chi connectivity index (χ1) is 20.2. The number of likely N-dealkylation sites (tertiary alicyclic amines) is 1. The molecule has 1 saturated heterocycles. The molecule has 0 atom stereocenters. The van der Waals surface area contributed by atoms with Crippen molar-refractivity contribution >= 4 is 35.0 Å². The molecule has 43 heavy (non-hydrogen) atoms. The van der Waals surface area contributed by atoms with E-state index in [0.717, 1.165) is 38.1 Å². The van der Waals surface area contributed by atoms with Crippen molar-refractivity contribution in [2.45, 2.75) is 59.2 Å². The summed E-state index contributed by atoms with van der Waals surface area (Å²) in [4.78, 5) is 33.0. The summed E-state index contributed by atoms with van der Waals surface area (Å²) in [6.07, 6.45) is -1.30. The molecule has 4 rings (SSSR count). The van der Waals surface area contributed by atoms with E-state index < -0.39 is 17.6 Å². The van der Waals surface area contributed by atoms with E-state index in [2.05, 4.69) is 15.3 Å². The van der Waals surface area contributed by atoms with E-state index in [1.165, 1.54) is 42.7 Å². The third kappa shape index (κ3) is 10.3. The van der Waals surface area contributed by atoms with E-state index in [4.69, 9.17) is 21.6 Å². The molecule has 0 bridgehead atoms. The number of carbonyl (C=O) groups is 2. The zero-order valence-corrected chi connectivity index (χ0v) is 24.9. The van der Waals surface area contributed by atoms with Gasteiger partial charge in [0.2, 0.25) is 0 Å². The van der Waals surface area contributed by atoms with Gasteiger partial charge in [-0.1, -0.05) is 32.0 Å². The number of ether oxygens (including phenoxy) is 1. The van der Waals surface area contributed by atoms with Crippen LogP contribution in [0.15, 0.2) is 54.9 Å². The van der Waals surface area contributed by atoms with Crippen molar-refractivity contribution in [1.82, 2.24) is 14.9 Å². The fourth-order valence-corrected chi connectivity index (χ4v) is 3.80. The van der Waals surface area contributed by atoms with E-state index in [1.807, 2.05) is 34.6 Å². The Bertz CT molecular complexity index is 1380. The summed E-state index contributed by atoms with van der Waals surface area (Å²) in [7, 11) is 0. The van der Waals surface area contributed by atoms with Crippen molar-refractivity contribution in [2.24, 2.45) is 0 Å². The molecule has 0 unspecified atom stereocenters. The van der Waals surface area contributed by atoms with Crippen LogP contribution in [-0.4, -0.2) is 51.3 Å². The Morgan fingerprint density at radius 2 is 1.49 bits per heavy atom. The van der Waals surface area contributed by atoms with Crippen LogP contribution < -0.4 is 16.8 Å². The van der Waals surface area contributed by atoms with Crippen molar-refractivity contribution < 1.29 is 27.5 Å². The van der Waals surface area contributed by atoms with Gasteiger partial charge in [0.25, 0.3) is 5.91 Å². The van der Waals surface area contributed by atoms with Gasteiger partial charge in [0, 0.05) is 29.9 Å². The van der Waals surface area contributed by atoms with Crippen molar-refractivity contribution in [3.05, 3.63) is 77.1 Å². The Morgan fingerprint density at radius 3 is 2.00 bits per heavy atom. The number of aromatic nitrogens is 2. The lowest BCUT2D eigenvalue weighted by molar-refractivity contribution is -0.137. The number of rotatable bonds is 4. The Kier molecular flexibility index (Phi) is 12.0. The largest absolute Gasteiger partial charge is 0.444 e. The Hall–Kier alpha value is -4.68. The van der Waals surface area contributed by atoms with Gasteiger partial charge in [0.15, 0.2) is 0 Å². The van der Waals surface area contributed by atoms with E-state index in [9.17, 15) is 22.8 Å². The first-order valence-electron chi connectivity index (χ1n) is 13.7. The molecule has 2 amide bonds. The molecule has 2 heterocycles. The van der Waals surface area contributed by atoms with Crippen molar-refractivity contribution in [1.29, 1.82) is 5.41 Å². The number of halogens is 3. The highest BCUT2D eigenvalue weighted by atomic mass is 19.4. The molecule has 0 saturated carbocycles. The van der Waals surface area contributed by atoms with E-state index in [1.54, 1.807) is 4.90 Å². The van der Waals surface area contributed by atoms with Gasteiger partial charge < -0.3 is 26.4 Å². The molecule has 10 nitrogen and oxygen atoms in total. The fraction of sp³-hybridized carbons (Fsp3) is 0.367. The maximum Gasteiger partial charge on any atom is 0.416 e. The molecular formula is C30H38F3N7O3. The van der Waals surface area contributed by atoms with Gasteiger partial charge >= 0.3 is 12.3 Å². The highest BCUT2D eigenvalue weighted by molar-refractivity contribution is 6.16. The second kappa shape index (κ2) is 15.0. The summed E-state index contributed by atoms with van der Waals surface area (Å²) in [5.74, 6) is -0.572. The maximum absolute atomic E-state index is 12.8. The molecule has 1 aromatic heterocycles. The van der Waals surface area contributed by atoms with Gasteiger partial charge in [-0.3, -0.25) is 10.2 Å². The molecule has 1 fully saturated rings. The number of hydrogen-bond donors (Lipinski definition) is 4. The lowest BCUT2D eigenvalue weighted by Crippen LogP contribution is -2.34. The zero-order valence-electron chi connectivity index (χ0n) is 24.9. The van der Waals surface area contributed by atoms with Crippen molar-refractivity contribution in [2.75, 3.05) is 29.9 Å². The topological polar surface area (TPSA) is 160 Å². The summed E-state index contributed by atoms with van der Waals surface area (Å²) in [5.41, 5.74) is 11.1. The van der Waals surface area contributed by atoms with Crippen molar-refractivity contribution in [3.63, 3.8) is 0 Å². The highest BCUT2D eigenvalue weighted by Gasteiger charge is 2.31. The minimum atomic E-state index is -4.54. The van der Waals surface area contributed by atoms with Crippen LogP contribution in [0.4, 0.5) is 35.3 Å². The number of nitrogens with two attached hydrogens (primary N) is 2. The van der Waals surface area contributed by atoms with E-state index >= 15 is 0 Å². The van der Waals surface area contributed by atoms with Gasteiger partial charge in [-0.2, -0.15) is 13.2 Å². The highest BCUT2D eigenvalue weighted by Crippen LogP contribution is 2.29. The molecule has 6 N–H and O–H groups in total. The summed E-state index contributed by atoms with van der Waals surface area (Å²) >= 11 is 0. The van der Waals surface area contributed by atoms with Crippen LogP contribution in [0.2, 0.25) is 0 Å². The van der Waals surface area contributed by atoms with Gasteiger partial charge in [-0.15, -0.1) is 0 Å². The third-order valence-electron chi connectivity index (χ3n) is 5.80. The van der Waals surface area contributed by atoms with Crippen LogP contribution in [0, 0.1) is 5.41 Å². The Balaban J connectivity index is 0.000000385. The van der Waals surface area contributed by atoms with Crippen LogP contribution in [0.1, 0.15) is 74.5 Å². The van der Waals surface area contributed by atoms with E-state index in [-0.39, 0.29) is 40.2 Å². The number of benzene rings is 2. The standard InChI is InChI=1S/C19H15F3N6O.C9H17NO2.C2H6/c20-19(21,22)12-3-1-2-11(8-12)18(29)28-13-6-4-10(5-7-13)15(23)14-16(24)26-9-27-17(14)25;1-9(2,3)12-8(11)10-6-4-5-7-10;1-2/h1-9,23H,(H,28,29)(H4,24,25,26,27);4-7H2,1-3H3;1-2H3. The second-order valence-corrected chi connectivity index (χ2v) is 10.2. The monoisotopic (exact) mass is 601 g/mol. The number of carbonyl (C=O) groups excluding carboxylic acids is 2. The molecular weight excluding hydrogens is 563 g/mol. The number of nitrogens with zero attached hydrogens (tertiary/aromatic N) is 3. The van der Waals surface area contributed by atoms with Gasteiger partial charge in [-0.25, -0.2) is 14.8 Å². The SMILES string of the molecule is CC.CC(C)(C)OC(=O)N1CCCC1.N=C(c1ccc(NC(=O)c2cccc(C(F)(F)F)c2)cc1)c1c(N)ncnc1N. The number of nitrogen functional groups attached to an aromatic ring is 2. The smallest absolute Gasteiger partial charge is 0.416 e. The summed E-state index contributed by atoms with van der Waals surface area (Å²) in [5, 5.41) is 10.8. The molecule has 2 aromatic carbocycles. The summed E-state index contributed by atoms with van der Waals surface area (Å²) < 4.78 is 43.6. The summed E-state index contributed by atoms with van der Waals surface area (Å²) in [6, 6.07) is 10.2. The minimum absolute atomic E-state index is 0.00338. The number of nitrogens with one attached hydrogen (secondary N) is 2. The summed E-state index contributed by atoms with van der Waals surface area (Å²) in [6.45, 7) is 11.4. The number of hydrogen-bond acceptors (Lipinski definition) is 8. The minimum Gasteiger partial charge on any atom is -0.444 e. The number of alkyl halides is 3. The van der Waals surface area contributed by atoms with Gasteiger partial charge in [0.1, 0.15) is 23.6 Å². The average Bonchev–Trinajstić information content (AvgIpc) is 3.49. The first-order valence-corrected chi connectivity index (χ1v) is 13.7. The van der Waals surface area contributed by atoms with Gasteiger partial charge in [-0.05, 0) is 63.9 Å². The molecule has 1 aliphatic heterocycles. The molecule has 0 radical (unpaired) electrons. The van der Waals surface area contributed by atoms with E-state index in [0.29, 0.717) is 11.3 Å². The number of amides is 2. The van der Waals surface area contributed by atoms with Gasteiger partial charge in [0.05, 0.1) is 16.8 Å². The molecule has 0 spiro atoms. The Morgan fingerprint density at radius 1 is 0.930 bits per heavy atom. The molecule has 13 heteroatoms. The van der Waals surface area contributed by atoms with Crippen LogP contribution in [0.3, 0.4) is 0 Å². The third-order valence-corrected chi connectivity index (χ3v) is 5.80. The van der Waals surface area contributed by atoms with Crippen molar-refractivity contribution in [3.8, 4) is 0 Å². The van der Waals surface area contributed by atoms with Crippen LogP contribution in [0.25, 0.3) is 0 Å². The lowest BCUT2D eigenvalue weighted by Gasteiger charge is -2.23. The fourth-order valence-electron chi connectivity index (χ4n) is 3.80. The molecule has 0 aliphatic carbocycles. The molecule has 232 valence electrons. The van der Waals surface area contributed by atoms with Crippen LogP contribution >= 0.6 is 0 Å². The maximum atomic E-state index is 12.8. The zero-order chi connectivity index (χ0) is 32.4. The molecule has 3 aromatic rings.